The summed E-state index contributed by atoms with van der Waals surface area (Å²) < 4.78 is 1.49. The molecule has 2 heterocycles. The Morgan fingerprint density at radius 1 is 1.48 bits per heavy atom. The molecule has 110 valence electrons. The van der Waals surface area contributed by atoms with E-state index in [-0.39, 0.29) is 12.2 Å². The number of aryl methyl sites for hydroxylation is 1. The molecular formula is C13H15N5O3. The van der Waals surface area contributed by atoms with Crippen LogP contribution in [0.1, 0.15) is 42.0 Å². The van der Waals surface area contributed by atoms with E-state index < -0.39 is 17.4 Å². The van der Waals surface area contributed by atoms with Gasteiger partial charge in [0.05, 0.1) is 12.0 Å². The van der Waals surface area contributed by atoms with Crippen LogP contribution in [0.3, 0.4) is 0 Å². The Balaban J connectivity index is 1.83. The van der Waals surface area contributed by atoms with Gasteiger partial charge in [0.25, 0.3) is 11.7 Å². The molecule has 0 unspecified atom stereocenters. The van der Waals surface area contributed by atoms with Gasteiger partial charge in [0.1, 0.15) is 0 Å². The van der Waals surface area contributed by atoms with Crippen molar-refractivity contribution in [2.75, 3.05) is 0 Å². The summed E-state index contributed by atoms with van der Waals surface area (Å²) in [6.07, 6.45) is 3.75. The van der Waals surface area contributed by atoms with Crippen molar-refractivity contribution in [3.8, 4) is 0 Å². The van der Waals surface area contributed by atoms with Crippen molar-refractivity contribution in [2.24, 2.45) is 0 Å². The van der Waals surface area contributed by atoms with Gasteiger partial charge in [-0.1, -0.05) is 0 Å². The molecular weight excluding hydrogens is 274 g/mol. The van der Waals surface area contributed by atoms with E-state index in [0.717, 1.165) is 12.1 Å². The van der Waals surface area contributed by atoms with Crippen LogP contribution < -0.4 is 5.32 Å². The summed E-state index contributed by atoms with van der Waals surface area (Å²) in [6.45, 7) is 1.84. The van der Waals surface area contributed by atoms with Crippen LogP contribution in [0.2, 0.25) is 0 Å². The number of carbonyl (C=O) groups excluding carboxylic acids is 1. The maximum Gasteiger partial charge on any atom is 0.305 e. The van der Waals surface area contributed by atoms with E-state index in [1.807, 2.05) is 6.92 Å². The van der Waals surface area contributed by atoms with Gasteiger partial charge < -0.3 is 10.4 Å². The Morgan fingerprint density at radius 3 is 2.81 bits per heavy atom. The van der Waals surface area contributed by atoms with Crippen LogP contribution in [0, 0.1) is 6.92 Å². The third kappa shape index (κ3) is 2.44. The number of nitrogens with one attached hydrogen (secondary N) is 1. The zero-order valence-electron chi connectivity index (χ0n) is 11.5. The van der Waals surface area contributed by atoms with E-state index in [1.54, 1.807) is 12.3 Å². The van der Waals surface area contributed by atoms with Gasteiger partial charge >= 0.3 is 5.97 Å². The number of carbonyl (C=O) groups is 2. The first-order valence-corrected chi connectivity index (χ1v) is 6.72. The van der Waals surface area contributed by atoms with Crippen molar-refractivity contribution in [3.63, 3.8) is 0 Å². The predicted octanol–water partition coefficient (Wildman–Crippen LogP) is 0.560. The van der Waals surface area contributed by atoms with Gasteiger partial charge in [-0.2, -0.15) is 4.98 Å². The van der Waals surface area contributed by atoms with Gasteiger partial charge in [0, 0.05) is 11.9 Å². The largest absolute Gasteiger partial charge is 0.481 e. The molecule has 1 fully saturated rings. The average Bonchev–Trinajstić information content (AvgIpc) is 2.81. The van der Waals surface area contributed by atoms with Crippen LogP contribution >= 0.6 is 0 Å². The molecule has 8 heteroatoms. The van der Waals surface area contributed by atoms with E-state index in [4.69, 9.17) is 5.11 Å². The van der Waals surface area contributed by atoms with Crippen molar-refractivity contribution in [1.29, 1.82) is 0 Å². The lowest BCUT2D eigenvalue weighted by Gasteiger charge is -2.41. The molecule has 2 N–H and O–H groups in total. The molecule has 0 radical (unpaired) electrons. The Labute approximate surface area is 120 Å². The maximum atomic E-state index is 12.2. The van der Waals surface area contributed by atoms with Gasteiger partial charge in [-0.3, -0.25) is 9.59 Å². The van der Waals surface area contributed by atoms with Crippen molar-refractivity contribution >= 4 is 17.7 Å². The number of aliphatic carboxylic acids is 1. The zero-order valence-corrected chi connectivity index (χ0v) is 11.5. The van der Waals surface area contributed by atoms with E-state index >= 15 is 0 Å². The third-order valence-electron chi connectivity index (χ3n) is 3.81. The van der Waals surface area contributed by atoms with Crippen molar-refractivity contribution in [3.05, 3.63) is 23.8 Å². The fourth-order valence-electron chi connectivity index (χ4n) is 2.54. The van der Waals surface area contributed by atoms with Gasteiger partial charge in [-0.05, 0) is 32.3 Å². The highest BCUT2D eigenvalue weighted by Gasteiger charge is 2.41. The summed E-state index contributed by atoms with van der Waals surface area (Å²) in [5, 5.41) is 15.8. The molecule has 2 aromatic rings. The molecule has 0 bridgehead atoms. The highest BCUT2D eigenvalue weighted by atomic mass is 16.4. The van der Waals surface area contributed by atoms with E-state index in [9.17, 15) is 9.59 Å². The molecule has 8 nitrogen and oxygen atoms in total. The molecule has 1 aliphatic rings. The van der Waals surface area contributed by atoms with Crippen LogP contribution in [-0.4, -0.2) is 42.1 Å². The second-order valence-corrected chi connectivity index (χ2v) is 5.39. The van der Waals surface area contributed by atoms with Crippen LogP contribution in [-0.2, 0) is 4.79 Å². The van der Waals surface area contributed by atoms with Crippen LogP contribution in [0.25, 0.3) is 5.78 Å². The molecule has 0 aromatic carbocycles. The van der Waals surface area contributed by atoms with Gasteiger partial charge in [0.2, 0.25) is 5.82 Å². The van der Waals surface area contributed by atoms with E-state index in [1.165, 1.54) is 4.52 Å². The molecule has 1 aliphatic carbocycles. The minimum Gasteiger partial charge on any atom is -0.481 e. The standard InChI is InChI=1S/C13H15N5O3/c1-8-3-6-14-12-15-10(17-18(8)12)11(21)16-13(4-2-5-13)7-9(19)20/h3,6H,2,4-5,7H2,1H3,(H,16,21)(H,19,20). The fraction of sp³-hybridized carbons (Fsp3) is 0.462. The molecule has 2 aromatic heterocycles. The molecule has 0 atom stereocenters. The smallest absolute Gasteiger partial charge is 0.305 e. The lowest BCUT2D eigenvalue weighted by atomic mass is 9.74. The zero-order chi connectivity index (χ0) is 15.0. The van der Waals surface area contributed by atoms with Crippen molar-refractivity contribution < 1.29 is 14.7 Å². The Hall–Kier alpha value is -2.51. The molecule has 0 saturated heterocycles. The Morgan fingerprint density at radius 2 is 2.24 bits per heavy atom. The van der Waals surface area contributed by atoms with Crippen molar-refractivity contribution in [2.45, 2.75) is 38.1 Å². The molecule has 0 spiro atoms. The number of fused-ring (bicyclic) bond motifs is 1. The first-order chi connectivity index (χ1) is 9.99. The third-order valence-corrected chi connectivity index (χ3v) is 3.81. The number of hydrogen-bond donors (Lipinski definition) is 2. The Kier molecular flexibility index (Phi) is 3.08. The highest BCUT2D eigenvalue weighted by molar-refractivity contribution is 5.91. The number of carboxylic acids is 1. The molecule has 3 rings (SSSR count). The normalized spacial score (nSPS) is 16.4. The summed E-state index contributed by atoms with van der Waals surface area (Å²) in [5.74, 6) is -1.02. The summed E-state index contributed by atoms with van der Waals surface area (Å²) in [5.41, 5.74) is 0.151. The molecule has 21 heavy (non-hydrogen) atoms. The number of amides is 1. The predicted molar refractivity (Wildman–Crippen MR) is 71.8 cm³/mol. The van der Waals surface area contributed by atoms with Crippen LogP contribution in [0.15, 0.2) is 12.3 Å². The summed E-state index contributed by atoms with van der Waals surface area (Å²) in [4.78, 5) is 31.3. The highest BCUT2D eigenvalue weighted by Crippen LogP contribution is 2.35. The van der Waals surface area contributed by atoms with E-state index in [2.05, 4.69) is 20.4 Å². The number of aromatic nitrogens is 4. The summed E-state index contributed by atoms with van der Waals surface area (Å²) in [6, 6.07) is 1.77. The van der Waals surface area contributed by atoms with Gasteiger partial charge in [0.15, 0.2) is 0 Å². The number of hydrogen-bond acceptors (Lipinski definition) is 5. The number of nitrogens with zero attached hydrogens (tertiary/aromatic N) is 4. The molecule has 1 amide bonds. The molecule has 1 saturated carbocycles. The first-order valence-electron chi connectivity index (χ1n) is 6.72. The van der Waals surface area contributed by atoms with Crippen molar-refractivity contribution in [1.82, 2.24) is 24.9 Å². The van der Waals surface area contributed by atoms with Gasteiger partial charge in [-0.25, -0.2) is 9.50 Å². The van der Waals surface area contributed by atoms with Crippen LogP contribution in [0.5, 0.6) is 0 Å². The fourth-order valence-corrected chi connectivity index (χ4v) is 2.54. The average molecular weight is 289 g/mol. The van der Waals surface area contributed by atoms with Crippen LogP contribution in [0.4, 0.5) is 0 Å². The monoisotopic (exact) mass is 289 g/mol. The second-order valence-electron chi connectivity index (χ2n) is 5.39. The minimum absolute atomic E-state index is 0.00784. The van der Waals surface area contributed by atoms with Gasteiger partial charge in [-0.15, -0.1) is 5.10 Å². The first kappa shape index (κ1) is 13.5. The maximum absolute atomic E-state index is 12.2. The SMILES string of the molecule is Cc1ccnc2nc(C(=O)NC3(CC(=O)O)CCC3)nn12. The topological polar surface area (TPSA) is 109 Å². The quantitative estimate of drug-likeness (QED) is 0.851. The Bertz CT molecular complexity index is 720. The summed E-state index contributed by atoms with van der Waals surface area (Å²) >= 11 is 0. The van der Waals surface area contributed by atoms with E-state index in [0.29, 0.717) is 18.6 Å². The lowest BCUT2D eigenvalue weighted by molar-refractivity contribution is -0.139. The second kappa shape index (κ2) is 4.80. The summed E-state index contributed by atoms with van der Waals surface area (Å²) in [7, 11) is 0. The number of carboxylic acid groups (broad SMARTS) is 1. The minimum atomic E-state index is -0.921. The molecule has 0 aliphatic heterocycles. The lowest BCUT2D eigenvalue weighted by Crippen LogP contribution is -2.54. The number of rotatable bonds is 4.